The van der Waals surface area contributed by atoms with Gasteiger partial charge in [-0.05, 0) is 26.0 Å². The summed E-state index contributed by atoms with van der Waals surface area (Å²) in [4.78, 5) is 4.29. The minimum Gasteiger partial charge on any atom is -0.489 e. The van der Waals surface area contributed by atoms with Gasteiger partial charge in [0, 0.05) is 19.2 Å². The van der Waals surface area contributed by atoms with Crippen molar-refractivity contribution < 1.29 is 17.5 Å². The van der Waals surface area contributed by atoms with Gasteiger partial charge in [-0.2, -0.15) is 0 Å². The summed E-state index contributed by atoms with van der Waals surface area (Å²) in [7, 11) is -3.52. The molecule has 10 heteroatoms. The van der Waals surface area contributed by atoms with E-state index in [0.29, 0.717) is 24.8 Å². The molecule has 4 N–H and O–H groups in total. The fraction of sp³-hybridized carbons (Fsp3) is 0.500. The standard InChI is InChI=1S/C14H23FN4O3S.HI/c1-3-17-14(18-7-8-23(16,20)21)19-10-11(2)22-13-6-4-5-12(15)9-13;/h4-6,9,11H,3,7-8,10H2,1-2H3,(H2,16,20,21)(H2,17,18,19);1H. The molecule has 7 nitrogen and oxygen atoms in total. The topological polar surface area (TPSA) is 106 Å². The minimum absolute atomic E-state index is 0. The fourth-order valence-corrected chi connectivity index (χ4v) is 2.07. The molecule has 24 heavy (non-hydrogen) atoms. The Labute approximate surface area is 159 Å². The lowest BCUT2D eigenvalue weighted by atomic mass is 10.3. The lowest BCUT2D eigenvalue weighted by molar-refractivity contribution is 0.229. The smallest absolute Gasteiger partial charge is 0.210 e. The van der Waals surface area contributed by atoms with Crippen molar-refractivity contribution in [1.29, 1.82) is 0 Å². The van der Waals surface area contributed by atoms with E-state index in [1.54, 1.807) is 12.1 Å². The van der Waals surface area contributed by atoms with Crippen LogP contribution in [0.2, 0.25) is 0 Å². The molecule has 138 valence electrons. The van der Waals surface area contributed by atoms with Crippen molar-refractivity contribution in [3.05, 3.63) is 30.1 Å². The number of hydrogen-bond donors (Lipinski definition) is 3. The van der Waals surface area contributed by atoms with E-state index >= 15 is 0 Å². The Morgan fingerprint density at radius 2 is 2.12 bits per heavy atom. The lowest BCUT2D eigenvalue weighted by Gasteiger charge is -2.15. The predicted molar refractivity (Wildman–Crippen MR) is 104 cm³/mol. The Hall–Kier alpha value is -1.14. The van der Waals surface area contributed by atoms with E-state index in [4.69, 9.17) is 9.88 Å². The van der Waals surface area contributed by atoms with Crippen LogP contribution in [0.4, 0.5) is 4.39 Å². The van der Waals surface area contributed by atoms with Crippen LogP contribution < -0.4 is 20.5 Å². The second kappa shape index (κ2) is 11.4. The molecule has 0 aliphatic carbocycles. The van der Waals surface area contributed by atoms with Gasteiger partial charge in [0.2, 0.25) is 10.0 Å². The molecule has 0 aliphatic rings. The summed E-state index contributed by atoms with van der Waals surface area (Å²) in [6.45, 7) is 4.80. The summed E-state index contributed by atoms with van der Waals surface area (Å²) in [5, 5.41) is 10.8. The molecule has 0 bridgehead atoms. The van der Waals surface area contributed by atoms with Gasteiger partial charge in [0.1, 0.15) is 17.7 Å². The summed E-state index contributed by atoms with van der Waals surface area (Å²) in [5.41, 5.74) is 0. The van der Waals surface area contributed by atoms with Gasteiger partial charge in [-0.25, -0.2) is 22.9 Å². The van der Waals surface area contributed by atoms with Crippen LogP contribution in [0.25, 0.3) is 0 Å². The lowest BCUT2D eigenvalue weighted by Crippen LogP contribution is -2.40. The summed E-state index contributed by atoms with van der Waals surface area (Å²) in [6, 6.07) is 5.88. The molecule has 1 unspecified atom stereocenters. The first-order valence-corrected chi connectivity index (χ1v) is 8.96. The molecular formula is C14H24FIN4O3S. The van der Waals surface area contributed by atoms with Gasteiger partial charge in [0.15, 0.2) is 5.96 Å². The molecular weight excluding hydrogens is 450 g/mol. The van der Waals surface area contributed by atoms with E-state index in [9.17, 15) is 12.8 Å². The van der Waals surface area contributed by atoms with Crippen molar-refractivity contribution in [2.45, 2.75) is 20.0 Å². The number of benzene rings is 1. The van der Waals surface area contributed by atoms with Gasteiger partial charge < -0.3 is 15.4 Å². The van der Waals surface area contributed by atoms with Crippen molar-refractivity contribution in [2.24, 2.45) is 10.1 Å². The summed E-state index contributed by atoms with van der Waals surface area (Å²) in [5.74, 6) is 0.342. The predicted octanol–water partition coefficient (Wildman–Crippen LogP) is 1.05. The molecule has 1 aromatic rings. The number of nitrogens with two attached hydrogens (primary N) is 1. The average molecular weight is 474 g/mol. The molecule has 0 spiro atoms. The summed E-state index contributed by atoms with van der Waals surface area (Å²) >= 11 is 0. The minimum atomic E-state index is -3.52. The Kier molecular flexibility index (Phi) is 10.9. The Morgan fingerprint density at radius 3 is 2.71 bits per heavy atom. The molecule has 1 atom stereocenters. The van der Waals surface area contributed by atoms with Crippen molar-refractivity contribution >= 4 is 40.0 Å². The van der Waals surface area contributed by atoms with Gasteiger partial charge in [-0.1, -0.05) is 6.07 Å². The third-order valence-electron chi connectivity index (χ3n) is 2.66. The SMILES string of the molecule is CCNC(=NCC(C)Oc1cccc(F)c1)NCCS(N)(=O)=O.I. The second-order valence-electron chi connectivity index (χ2n) is 4.90. The van der Waals surface area contributed by atoms with Crippen LogP contribution in [-0.2, 0) is 10.0 Å². The van der Waals surface area contributed by atoms with Crippen molar-refractivity contribution in [1.82, 2.24) is 10.6 Å². The summed E-state index contributed by atoms with van der Waals surface area (Å²) < 4.78 is 40.4. The Balaban J connectivity index is 0.00000529. The number of aliphatic imine (C=N–C) groups is 1. The molecule has 1 aromatic carbocycles. The number of primary sulfonamides is 1. The third kappa shape index (κ3) is 10.6. The highest BCUT2D eigenvalue weighted by Gasteiger charge is 2.07. The number of halogens is 2. The molecule has 0 saturated carbocycles. The highest BCUT2D eigenvalue weighted by molar-refractivity contribution is 14.0. The maximum atomic E-state index is 13.1. The highest BCUT2D eigenvalue weighted by Crippen LogP contribution is 2.13. The van der Waals surface area contributed by atoms with Crippen molar-refractivity contribution in [3.63, 3.8) is 0 Å². The van der Waals surface area contributed by atoms with Crippen molar-refractivity contribution in [2.75, 3.05) is 25.4 Å². The van der Waals surface area contributed by atoms with Crippen LogP contribution in [0, 0.1) is 5.82 Å². The average Bonchev–Trinajstić information content (AvgIpc) is 2.43. The van der Waals surface area contributed by atoms with E-state index in [1.807, 2.05) is 13.8 Å². The van der Waals surface area contributed by atoms with Crippen molar-refractivity contribution in [3.8, 4) is 5.75 Å². The van der Waals surface area contributed by atoms with Crippen LogP contribution in [0.15, 0.2) is 29.3 Å². The van der Waals surface area contributed by atoms with E-state index in [2.05, 4.69) is 15.6 Å². The maximum Gasteiger partial charge on any atom is 0.210 e. The second-order valence-corrected chi connectivity index (χ2v) is 6.63. The number of nitrogens with one attached hydrogen (secondary N) is 2. The maximum absolute atomic E-state index is 13.1. The van der Waals surface area contributed by atoms with Gasteiger partial charge in [-0.15, -0.1) is 24.0 Å². The van der Waals surface area contributed by atoms with Gasteiger partial charge >= 0.3 is 0 Å². The van der Waals surface area contributed by atoms with E-state index < -0.39 is 10.0 Å². The molecule has 0 fully saturated rings. The van der Waals surface area contributed by atoms with Gasteiger partial charge in [0.05, 0.1) is 12.3 Å². The van der Waals surface area contributed by atoms with E-state index in [0.717, 1.165) is 0 Å². The van der Waals surface area contributed by atoms with E-state index in [-0.39, 0.29) is 48.2 Å². The molecule has 1 rings (SSSR count). The van der Waals surface area contributed by atoms with E-state index in [1.165, 1.54) is 12.1 Å². The number of sulfonamides is 1. The number of nitrogens with zero attached hydrogens (tertiary/aromatic N) is 1. The molecule has 0 radical (unpaired) electrons. The van der Waals surface area contributed by atoms with Gasteiger partial charge in [-0.3, -0.25) is 0 Å². The first-order chi connectivity index (χ1) is 10.8. The van der Waals surface area contributed by atoms with Crippen LogP contribution in [0.1, 0.15) is 13.8 Å². The molecule has 0 saturated heterocycles. The first-order valence-electron chi connectivity index (χ1n) is 7.25. The fourth-order valence-electron chi connectivity index (χ4n) is 1.68. The van der Waals surface area contributed by atoms with Crippen LogP contribution in [0.5, 0.6) is 5.75 Å². The number of ether oxygens (including phenoxy) is 1. The first kappa shape index (κ1) is 22.9. The Bertz CT molecular complexity index is 628. The number of guanidine groups is 1. The zero-order valence-corrected chi connectivity index (χ0v) is 16.8. The molecule has 0 aromatic heterocycles. The normalized spacial score (nSPS) is 12.9. The highest BCUT2D eigenvalue weighted by atomic mass is 127. The number of rotatable bonds is 8. The van der Waals surface area contributed by atoms with Gasteiger partial charge in [0.25, 0.3) is 0 Å². The summed E-state index contributed by atoms with van der Waals surface area (Å²) in [6.07, 6.45) is -0.273. The quantitative estimate of drug-likeness (QED) is 0.297. The molecule has 0 amide bonds. The third-order valence-corrected chi connectivity index (χ3v) is 3.44. The monoisotopic (exact) mass is 474 g/mol. The zero-order valence-electron chi connectivity index (χ0n) is 13.7. The van der Waals surface area contributed by atoms with Crippen LogP contribution >= 0.6 is 24.0 Å². The Morgan fingerprint density at radius 1 is 1.42 bits per heavy atom. The number of hydrogen-bond acceptors (Lipinski definition) is 4. The van der Waals surface area contributed by atoms with Crippen LogP contribution in [0.3, 0.4) is 0 Å². The molecule has 0 heterocycles. The zero-order chi connectivity index (χ0) is 17.3. The van der Waals surface area contributed by atoms with Crippen LogP contribution in [-0.4, -0.2) is 45.9 Å². The molecule has 0 aliphatic heterocycles. The largest absolute Gasteiger partial charge is 0.489 e.